The van der Waals surface area contributed by atoms with E-state index in [9.17, 15) is 8.78 Å². The largest absolute Gasteiger partial charge is 0.494 e. The first-order valence-corrected chi connectivity index (χ1v) is 5.51. The molecule has 0 aliphatic heterocycles. The Balaban J connectivity index is 2.04. The van der Waals surface area contributed by atoms with Crippen LogP contribution in [0.15, 0.2) is 42.5 Å². The fourth-order valence-electron chi connectivity index (χ4n) is 1.63. The van der Waals surface area contributed by atoms with E-state index in [1.54, 1.807) is 24.3 Å². The van der Waals surface area contributed by atoms with Gasteiger partial charge in [0.2, 0.25) is 0 Å². The molecule has 2 rings (SSSR count). The highest BCUT2D eigenvalue weighted by atomic mass is 19.1. The molecule has 0 spiro atoms. The molecule has 0 amide bonds. The molecule has 0 aliphatic rings. The first kappa shape index (κ1) is 12.4. The number of anilines is 1. The van der Waals surface area contributed by atoms with Crippen LogP contribution in [0.1, 0.15) is 5.56 Å². The molecule has 0 aromatic heterocycles. The lowest BCUT2D eigenvalue weighted by Crippen LogP contribution is -2.00. The summed E-state index contributed by atoms with van der Waals surface area (Å²) in [6.07, 6.45) is 0. The number of nitrogens with one attached hydrogen (secondary N) is 1. The third-order valence-electron chi connectivity index (χ3n) is 2.54. The quantitative estimate of drug-likeness (QED) is 0.894. The predicted molar refractivity (Wildman–Crippen MR) is 66.7 cm³/mol. The van der Waals surface area contributed by atoms with Gasteiger partial charge < -0.3 is 10.1 Å². The van der Waals surface area contributed by atoms with Crippen LogP contribution in [-0.2, 0) is 6.54 Å². The van der Waals surface area contributed by atoms with E-state index in [0.717, 1.165) is 5.56 Å². The molecule has 2 aromatic carbocycles. The Morgan fingerprint density at radius 1 is 1.11 bits per heavy atom. The summed E-state index contributed by atoms with van der Waals surface area (Å²) in [5.41, 5.74) is 1.42. The summed E-state index contributed by atoms with van der Waals surface area (Å²) in [5.74, 6) is -0.511. The number of rotatable bonds is 4. The minimum absolute atomic E-state index is 0.200. The molecule has 0 atom stereocenters. The summed E-state index contributed by atoms with van der Waals surface area (Å²) in [6.45, 7) is 0.434. The van der Waals surface area contributed by atoms with Crippen LogP contribution in [0.4, 0.5) is 14.5 Å². The first-order valence-electron chi connectivity index (χ1n) is 5.51. The van der Waals surface area contributed by atoms with Crippen LogP contribution in [0.3, 0.4) is 0 Å². The molecule has 0 heterocycles. The van der Waals surface area contributed by atoms with E-state index >= 15 is 0 Å². The molecule has 18 heavy (non-hydrogen) atoms. The van der Waals surface area contributed by atoms with E-state index in [1.807, 2.05) is 0 Å². The molecule has 94 valence electrons. The number of benzene rings is 2. The van der Waals surface area contributed by atoms with Crippen LogP contribution in [0.25, 0.3) is 0 Å². The van der Waals surface area contributed by atoms with Crippen molar-refractivity contribution >= 4 is 5.69 Å². The Bertz CT molecular complexity index is 543. The average molecular weight is 249 g/mol. The summed E-state index contributed by atoms with van der Waals surface area (Å²) in [7, 11) is 1.41. The van der Waals surface area contributed by atoms with Crippen molar-refractivity contribution in [1.82, 2.24) is 0 Å². The molecular weight excluding hydrogens is 236 g/mol. The normalized spacial score (nSPS) is 10.2. The third kappa shape index (κ3) is 2.97. The van der Waals surface area contributed by atoms with Crippen LogP contribution in [0, 0.1) is 11.6 Å². The van der Waals surface area contributed by atoms with E-state index < -0.39 is 5.82 Å². The molecule has 0 aliphatic carbocycles. The summed E-state index contributed by atoms with van der Waals surface area (Å²) in [4.78, 5) is 0. The molecule has 0 saturated carbocycles. The summed E-state index contributed by atoms with van der Waals surface area (Å²) >= 11 is 0. The molecule has 2 aromatic rings. The highest BCUT2D eigenvalue weighted by molar-refractivity contribution is 5.47. The van der Waals surface area contributed by atoms with Gasteiger partial charge in [0.05, 0.1) is 7.11 Å². The molecule has 0 saturated heterocycles. The third-order valence-corrected chi connectivity index (χ3v) is 2.54. The fraction of sp³-hybridized carbons (Fsp3) is 0.143. The van der Waals surface area contributed by atoms with Crippen LogP contribution in [0.2, 0.25) is 0 Å². The zero-order valence-corrected chi connectivity index (χ0v) is 9.91. The van der Waals surface area contributed by atoms with Crippen LogP contribution >= 0.6 is 0 Å². The van der Waals surface area contributed by atoms with Crippen molar-refractivity contribution in [2.24, 2.45) is 0 Å². The average Bonchev–Trinajstić information content (AvgIpc) is 2.37. The Morgan fingerprint density at radius 2 is 1.94 bits per heavy atom. The summed E-state index contributed by atoms with van der Waals surface area (Å²) < 4.78 is 31.2. The Morgan fingerprint density at radius 3 is 2.61 bits per heavy atom. The van der Waals surface area contributed by atoms with Crippen LogP contribution in [-0.4, -0.2) is 7.11 Å². The van der Waals surface area contributed by atoms with Crippen molar-refractivity contribution in [2.45, 2.75) is 6.54 Å². The molecule has 4 heteroatoms. The number of hydrogen-bond donors (Lipinski definition) is 1. The SMILES string of the molecule is COc1ccc(NCc2cccc(F)c2)cc1F. The number of ether oxygens (including phenoxy) is 1. The molecular formula is C14H13F2NO. The Kier molecular flexibility index (Phi) is 3.77. The number of halogens is 2. The summed E-state index contributed by atoms with van der Waals surface area (Å²) in [5, 5.41) is 3.02. The van der Waals surface area contributed by atoms with E-state index in [-0.39, 0.29) is 11.6 Å². The van der Waals surface area contributed by atoms with Crippen LogP contribution in [0.5, 0.6) is 5.75 Å². The second-order valence-corrected chi connectivity index (χ2v) is 3.83. The van der Waals surface area contributed by atoms with Gasteiger partial charge in [-0.05, 0) is 29.8 Å². The molecule has 2 nitrogen and oxygen atoms in total. The smallest absolute Gasteiger partial charge is 0.167 e. The second kappa shape index (κ2) is 5.49. The first-order chi connectivity index (χ1) is 8.69. The van der Waals surface area contributed by atoms with Gasteiger partial charge in [-0.3, -0.25) is 0 Å². The van der Waals surface area contributed by atoms with Gasteiger partial charge in [-0.15, -0.1) is 0 Å². The lowest BCUT2D eigenvalue weighted by molar-refractivity contribution is 0.386. The maximum atomic E-state index is 13.4. The Hall–Kier alpha value is -2.10. The van der Waals surface area contributed by atoms with Gasteiger partial charge in [-0.25, -0.2) is 8.78 Å². The van der Waals surface area contributed by atoms with Gasteiger partial charge in [-0.1, -0.05) is 12.1 Å². The maximum Gasteiger partial charge on any atom is 0.167 e. The Labute approximate surface area is 104 Å². The van der Waals surface area contributed by atoms with Crippen molar-refractivity contribution in [3.8, 4) is 5.75 Å². The topological polar surface area (TPSA) is 21.3 Å². The van der Waals surface area contributed by atoms with Crippen LogP contribution < -0.4 is 10.1 Å². The van der Waals surface area contributed by atoms with Crippen molar-refractivity contribution in [3.05, 3.63) is 59.7 Å². The zero-order valence-electron chi connectivity index (χ0n) is 9.91. The van der Waals surface area contributed by atoms with E-state index in [4.69, 9.17) is 4.74 Å². The van der Waals surface area contributed by atoms with E-state index in [0.29, 0.717) is 12.2 Å². The second-order valence-electron chi connectivity index (χ2n) is 3.83. The lowest BCUT2D eigenvalue weighted by atomic mass is 10.2. The van der Waals surface area contributed by atoms with Crippen molar-refractivity contribution in [1.29, 1.82) is 0 Å². The lowest BCUT2D eigenvalue weighted by Gasteiger charge is -2.08. The molecule has 0 unspecified atom stereocenters. The highest BCUT2D eigenvalue weighted by Crippen LogP contribution is 2.21. The molecule has 0 bridgehead atoms. The van der Waals surface area contributed by atoms with Gasteiger partial charge in [-0.2, -0.15) is 0 Å². The van der Waals surface area contributed by atoms with Gasteiger partial charge in [0, 0.05) is 18.3 Å². The standard InChI is InChI=1S/C14H13F2NO/c1-18-14-6-5-12(8-13(14)16)17-9-10-3-2-4-11(15)7-10/h2-8,17H,9H2,1H3. The molecule has 0 fully saturated rings. The maximum absolute atomic E-state index is 13.4. The van der Waals surface area contributed by atoms with Gasteiger partial charge in [0.1, 0.15) is 5.82 Å². The minimum Gasteiger partial charge on any atom is -0.494 e. The van der Waals surface area contributed by atoms with E-state index in [1.165, 1.54) is 25.3 Å². The predicted octanol–water partition coefficient (Wildman–Crippen LogP) is 3.59. The van der Waals surface area contributed by atoms with Crippen molar-refractivity contribution < 1.29 is 13.5 Å². The summed E-state index contributed by atoms with van der Waals surface area (Å²) in [6, 6.07) is 10.9. The fourth-order valence-corrected chi connectivity index (χ4v) is 1.63. The van der Waals surface area contributed by atoms with Crippen molar-refractivity contribution in [2.75, 3.05) is 12.4 Å². The zero-order chi connectivity index (χ0) is 13.0. The molecule has 1 N–H and O–H groups in total. The van der Waals surface area contributed by atoms with Crippen molar-refractivity contribution in [3.63, 3.8) is 0 Å². The van der Waals surface area contributed by atoms with Gasteiger partial charge in [0.25, 0.3) is 0 Å². The van der Waals surface area contributed by atoms with Gasteiger partial charge >= 0.3 is 0 Å². The highest BCUT2D eigenvalue weighted by Gasteiger charge is 2.03. The molecule has 0 radical (unpaired) electrons. The van der Waals surface area contributed by atoms with E-state index in [2.05, 4.69) is 5.32 Å². The minimum atomic E-state index is -0.429. The number of methoxy groups -OCH3 is 1. The monoisotopic (exact) mass is 249 g/mol. The number of hydrogen-bond acceptors (Lipinski definition) is 2. The van der Waals surface area contributed by atoms with Gasteiger partial charge in [0.15, 0.2) is 11.6 Å².